The van der Waals surface area contributed by atoms with Crippen LogP contribution in [0.5, 0.6) is 0 Å². The Morgan fingerprint density at radius 3 is 2.59 bits per heavy atom. The van der Waals surface area contributed by atoms with Crippen molar-refractivity contribution >= 4 is 10.8 Å². The molecule has 0 aliphatic carbocycles. The lowest BCUT2D eigenvalue weighted by atomic mass is 10.0. The standard InChI is InChI=1S/C14H21NOS/c1-11(2)13-3-5-14(6-4-13)17(16)10-12-7-8-15-9-12/h3-6,11-12,15H,7-10H2,1-2H3. The monoisotopic (exact) mass is 251 g/mol. The summed E-state index contributed by atoms with van der Waals surface area (Å²) >= 11 is 0. The van der Waals surface area contributed by atoms with Gasteiger partial charge in [0.25, 0.3) is 0 Å². The van der Waals surface area contributed by atoms with Gasteiger partial charge in [-0.2, -0.15) is 0 Å². The van der Waals surface area contributed by atoms with Crippen molar-refractivity contribution in [1.82, 2.24) is 5.32 Å². The molecule has 3 heteroatoms. The minimum absolute atomic E-state index is 0.538. The van der Waals surface area contributed by atoms with Gasteiger partial charge in [0.05, 0.1) is 10.8 Å². The van der Waals surface area contributed by atoms with Crippen LogP contribution in [0.4, 0.5) is 0 Å². The number of benzene rings is 1. The fraction of sp³-hybridized carbons (Fsp3) is 0.571. The van der Waals surface area contributed by atoms with Crippen LogP contribution in [0.25, 0.3) is 0 Å². The minimum Gasteiger partial charge on any atom is -0.316 e. The Balaban J connectivity index is 1.98. The molecule has 0 spiro atoms. The molecule has 0 radical (unpaired) electrons. The minimum atomic E-state index is -0.835. The summed E-state index contributed by atoms with van der Waals surface area (Å²) in [5, 5.41) is 3.32. The molecule has 2 nitrogen and oxygen atoms in total. The van der Waals surface area contributed by atoms with E-state index in [1.807, 2.05) is 12.1 Å². The van der Waals surface area contributed by atoms with Gasteiger partial charge >= 0.3 is 0 Å². The topological polar surface area (TPSA) is 29.1 Å². The fourth-order valence-electron chi connectivity index (χ4n) is 2.17. The SMILES string of the molecule is CC(C)c1ccc(S(=O)CC2CCNC2)cc1. The van der Waals surface area contributed by atoms with Crippen molar-refractivity contribution in [1.29, 1.82) is 0 Å². The Kier molecular flexibility index (Phi) is 4.35. The molecule has 0 saturated carbocycles. The average molecular weight is 251 g/mol. The van der Waals surface area contributed by atoms with E-state index in [1.54, 1.807) is 0 Å². The molecule has 0 aromatic heterocycles. The van der Waals surface area contributed by atoms with Crippen LogP contribution in [0.2, 0.25) is 0 Å². The third-order valence-electron chi connectivity index (χ3n) is 3.36. The molecule has 1 N–H and O–H groups in total. The first kappa shape index (κ1) is 12.8. The maximum absolute atomic E-state index is 12.2. The lowest BCUT2D eigenvalue weighted by Gasteiger charge is -2.09. The summed E-state index contributed by atoms with van der Waals surface area (Å²) in [6, 6.07) is 8.25. The van der Waals surface area contributed by atoms with E-state index in [9.17, 15) is 4.21 Å². The zero-order valence-electron chi connectivity index (χ0n) is 10.6. The molecule has 1 aliphatic heterocycles. The van der Waals surface area contributed by atoms with Gasteiger partial charge in [0, 0.05) is 10.6 Å². The van der Waals surface area contributed by atoms with E-state index in [4.69, 9.17) is 0 Å². The fourth-order valence-corrected chi connectivity index (χ4v) is 3.52. The Bertz CT molecular complexity index is 380. The largest absolute Gasteiger partial charge is 0.316 e. The third-order valence-corrected chi connectivity index (χ3v) is 4.93. The van der Waals surface area contributed by atoms with Crippen LogP contribution in [0.15, 0.2) is 29.2 Å². The summed E-state index contributed by atoms with van der Waals surface area (Å²) < 4.78 is 12.2. The van der Waals surface area contributed by atoms with Crippen LogP contribution in [-0.2, 0) is 10.8 Å². The quantitative estimate of drug-likeness (QED) is 0.891. The van der Waals surface area contributed by atoms with Crippen molar-refractivity contribution in [3.63, 3.8) is 0 Å². The Labute approximate surface area is 106 Å². The second-order valence-electron chi connectivity index (χ2n) is 5.09. The highest BCUT2D eigenvalue weighted by molar-refractivity contribution is 7.85. The Hall–Kier alpha value is -0.670. The van der Waals surface area contributed by atoms with Gasteiger partial charge in [-0.25, -0.2) is 0 Å². The average Bonchev–Trinajstić information content (AvgIpc) is 2.82. The Morgan fingerprint density at radius 1 is 1.35 bits per heavy atom. The van der Waals surface area contributed by atoms with Crippen molar-refractivity contribution in [2.24, 2.45) is 5.92 Å². The van der Waals surface area contributed by atoms with E-state index < -0.39 is 10.8 Å². The van der Waals surface area contributed by atoms with Gasteiger partial charge in [-0.1, -0.05) is 26.0 Å². The van der Waals surface area contributed by atoms with Crippen molar-refractivity contribution < 1.29 is 4.21 Å². The number of hydrogen-bond acceptors (Lipinski definition) is 2. The van der Waals surface area contributed by atoms with Crippen LogP contribution >= 0.6 is 0 Å². The molecule has 17 heavy (non-hydrogen) atoms. The molecule has 1 saturated heterocycles. The van der Waals surface area contributed by atoms with E-state index in [0.29, 0.717) is 11.8 Å². The van der Waals surface area contributed by atoms with Crippen molar-refractivity contribution in [3.8, 4) is 0 Å². The predicted octanol–water partition coefficient (Wildman–Crippen LogP) is 2.53. The predicted molar refractivity (Wildman–Crippen MR) is 72.8 cm³/mol. The van der Waals surface area contributed by atoms with Crippen molar-refractivity contribution in [2.75, 3.05) is 18.8 Å². The van der Waals surface area contributed by atoms with Crippen LogP contribution in [0.3, 0.4) is 0 Å². The van der Waals surface area contributed by atoms with E-state index in [-0.39, 0.29) is 0 Å². The molecule has 2 rings (SSSR count). The summed E-state index contributed by atoms with van der Waals surface area (Å²) in [5.41, 5.74) is 1.31. The van der Waals surface area contributed by atoms with Gasteiger partial charge in [0.2, 0.25) is 0 Å². The molecule has 1 fully saturated rings. The molecule has 1 aromatic rings. The summed E-state index contributed by atoms with van der Waals surface area (Å²) in [6.07, 6.45) is 1.16. The van der Waals surface area contributed by atoms with Gasteiger partial charge in [-0.3, -0.25) is 4.21 Å². The summed E-state index contributed by atoms with van der Waals surface area (Å²) in [6.45, 7) is 6.45. The Morgan fingerprint density at radius 2 is 2.06 bits per heavy atom. The first-order valence-corrected chi connectivity index (χ1v) is 7.67. The second-order valence-corrected chi connectivity index (χ2v) is 6.59. The number of rotatable bonds is 4. The van der Waals surface area contributed by atoms with Crippen LogP contribution < -0.4 is 5.32 Å². The smallest absolute Gasteiger partial charge is 0.0532 e. The third kappa shape index (κ3) is 3.39. The molecular formula is C14H21NOS. The number of hydrogen-bond donors (Lipinski definition) is 1. The van der Waals surface area contributed by atoms with Crippen molar-refractivity contribution in [2.45, 2.75) is 31.1 Å². The van der Waals surface area contributed by atoms with E-state index >= 15 is 0 Å². The van der Waals surface area contributed by atoms with Crippen molar-refractivity contribution in [3.05, 3.63) is 29.8 Å². The molecule has 1 aliphatic rings. The normalized spacial score (nSPS) is 21.9. The number of nitrogens with one attached hydrogen (secondary N) is 1. The first-order valence-electron chi connectivity index (χ1n) is 6.36. The molecule has 94 valence electrons. The maximum atomic E-state index is 12.2. The zero-order chi connectivity index (χ0) is 12.3. The van der Waals surface area contributed by atoms with Gasteiger partial charge in [0.15, 0.2) is 0 Å². The van der Waals surface area contributed by atoms with E-state index in [2.05, 4.69) is 31.3 Å². The molecule has 0 amide bonds. The van der Waals surface area contributed by atoms with E-state index in [1.165, 1.54) is 5.56 Å². The highest BCUT2D eigenvalue weighted by Gasteiger charge is 2.18. The summed E-state index contributed by atoms with van der Waals surface area (Å²) in [4.78, 5) is 0.973. The van der Waals surface area contributed by atoms with Crippen LogP contribution in [0, 0.1) is 5.92 Å². The van der Waals surface area contributed by atoms with Crippen LogP contribution in [0.1, 0.15) is 31.7 Å². The lowest BCUT2D eigenvalue weighted by molar-refractivity contribution is 0.633. The summed E-state index contributed by atoms with van der Waals surface area (Å²) in [7, 11) is -0.835. The molecule has 1 heterocycles. The van der Waals surface area contributed by atoms with Gasteiger partial charge < -0.3 is 5.32 Å². The zero-order valence-corrected chi connectivity index (χ0v) is 11.4. The van der Waals surface area contributed by atoms with Gasteiger partial charge in [-0.15, -0.1) is 0 Å². The van der Waals surface area contributed by atoms with Crippen LogP contribution in [-0.4, -0.2) is 23.1 Å². The highest BCUT2D eigenvalue weighted by Crippen LogP contribution is 2.18. The molecule has 2 atom stereocenters. The molecule has 0 bridgehead atoms. The first-order chi connectivity index (χ1) is 8.16. The molecule has 2 unspecified atom stereocenters. The molecular weight excluding hydrogens is 230 g/mol. The highest BCUT2D eigenvalue weighted by atomic mass is 32.2. The lowest BCUT2D eigenvalue weighted by Crippen LogP contribution is -2.15. The summed E-state index contributed by atoms with van der Waals surface area (Å²) in [5.74, 6) is 1.92. The van der Waals surface area contributed by atoms with Gasteiger partial charge in [0.1, 0.15) is 0 Å². The maximum Gasteiger partial charge on any atom is 0.0532 e. The molecule has 1 aromatic carbocycles. The van der Waals surface area contributed by atoms with E-state index in [0.717, 1.165) is 30.2 Å². The second kappa shape index (κ2) is 5.78. The van der Waals surface area contributed by atoms with Gasteiger partial charge in [-0.05, 0) is 49.0 Å².